The summed E-state index contributed by atoms with van der Waals surface area (Å²) in [6, 6.07) is 9.05. The van der Waals surface area contributed by atoms with Gasteiger partial charge in [-0.1, -0.05) is 30.3 Å². The van der Waals surface area contributed by atoms with Crippen molar-refractivity contribution in [3.05, 3.63) is 41.1 Å². The van der Waals surface area contributed by atoms with Crippen LogP contribution in [0.25, 0.3) is 0 Å². The minimum absolute atomic E-state index is 0.0659. The lowest BCUT2D eigenvalue weighted by Gasteiger charge is -2.28. The molecule has 17 heavy (non-hydrogen) atoms. The van der Waals surface area contributed by atoms with Gasteiger partial charge in [-0.2, -0.15) is 0 Å². The standard InChI is InChI=1S/C13H18FNO2/c1-12(2,16)13(3,14)10-15(17)9-11-7-5-4-6-8-11/h4-8,10,16H,9H2,1-3H3/b15-10-. The Labute approximate surface area is 101 Å². The lowest BCUT2D eigenvalue weighted by Crippen LogP contribution is -2.46. The zero-order valence-electron chi connectivity index (χ0n) is 10.4. The van der Waals surface area contributed by atoms with E-state index in [2.05, 4.69) is 0 Å². The monoisotopic (exact) mass is 239 g/mol. The average Bonchev–Trinajstić information content (AvgIpc) is 2.16. The van der Waals surface area contributed by atoms with Crippen LogP contribution in [0.4, 0.5) is 4.39 Å². The molecule has 0 aliphatic carbocycles. The second-order valence-corrected chi connectivity index (χ2v) is 4.82. The second-order valence-electron chi connectivity index (χ2n) is 4.82. The molecule has 1 N–H and O–H groups in total. The number of halogens is 1. The van der Waals surface area contributed by atoms with Crippen molar-refractivity contribution < 1.29 is 14.2 Å². The van der Waals surface area contributed by atoms with Crippen molar-refractivity contribution in [2.75, 3.05) is 0 Å². The van der Waals surface area contributed by atoms with Gasteiger partial charge in [-0.15, -0.1) is 0 Å². The van der Waals surface area contributed by atoms with Crippen LogP contribution in [-0.2, 0) is 6.54 Å². The summed E-state index contributed by atoms with van der Waals surface area (Å²) in [6.07, 6.45) is 0.875. The molecule has 0 aromatic heterocycles. The average molecular weight is 239 g/mol. The number of hydrogen-bond donors (Lipinski definition) is 1. The smallest absolute Gasteiger partial charge is 0.212 e. The highest BCUT2D eigenvalue weighted by molar-refractivity contribution is 5.65. The number of aliphatic hydroxyl groups is 1. The Kier molecular flexibility index (Phi) is 3.88. The summed E-state index contributed by atoms with van der Waals surface area (Å²) >= 11 is 0. The number of rotatable bonds is 4. The highest BCUT2D eigenvalue weighted by Gasteiger charge is 2.41. The summed E-state index contributed by atoms with van der Waals surface area (Å²) in [7, 11) is 0. The number of benzene rings is 1. The molecule has 0 radical (unpaired) electrons. The van der Waals surface area contributed by atoms with Gasteiger partial charge in [-0.05, 0) is 20.8 Å². The fourth-order valence-electron chi connectivity index (χ4n) is 1.24. The van der Waals surface area contributed by atoms with Crippen molar-refractivity contribution >= 4 is 6.21 Å². The third-order valence-corrected chi connectivity index (χ3v) is 2.76. The van der Waals surface area contributed by atoms with E-state index in [1.54, 1.807) is 12.1 Å². The molecule has 1 rings (SSSR count). The van der Waals surface area contributed by atoms with Crippen LogP contribution >= 0.6 is 0 Å². The second kappa shape index (κ2) is 4.84. The van der Waals surface area contributed by atoms with Crippen molar-refractivity contribution in [3.8, 4) is 0 Å². The normalized spacial score (nSPS) is 16.6. The Morgan fingerprint density at radius 2 is 1.82 bits per heavy atom. The van der Waals surface area contributed by atoms with Gasteiger partial charge < -0.3 is 10.3 Å². The number of nitrogens with zero attached hydrogens (tertiary/aromatic N) is 1. The van der Waals surface area contributed by atoms with Gasteiger partial charge in [0.25, 0.3) is 0 Å². The Morgan fingerprint density at radius 1 is 1.29 bits per heavy atom. The fraction of sp³-hybridized carbons (Fsp3) is 0.462. The summed E-state index contributed by atoms with van der Waals surface area (Å²) in [6.45, 7) is 3.92. The first-order valence-electron chi connectivity index (χ1n) is 5.47. The van der Waals surface area contributed by atoms with Gasteiger partial charge in [0.05, 0.1) is 0 Å². The Balaban J connectivity index is 2.81. The van der Waals surface area contributed by atoms with Crippen molar-refractivity contribution in [2.45, 2.75) is 38.6 Å². The van der Waals surface area contributed by atoms with Gasteiger partial charge in [0, 0.05) is 5.56 Å². The van der Waals surface area contributed by atoms with Crippen LogP contribution in [-0.4, -0.2) is 27.3 Å². The van der Waals surface area contributed by atoms with Gasteiger partial charge in [0.15, 0.2) is 12.8 Å². The molecule has 0 heterocycles. The van der Waals surface area contributed by atoms with Crippen LogP contribution in [0.3, 0.4) is 0 Å². The predicted molar refractivity (Wildman–Crippen MR) is 65.6 cm³/mol. The topological polar surface area (TPSA) is 46.3 Å². The van der Waals surface area contributed by atoms with Gasteiger partial charge >= 0.3 is 0 Å². The molecule has 0 aliphatic rings. The summed E-state index contributed by atoms with van der Waals surface area (Å²) in [5.74, 6) is 0. The molecule has 3 nitrogen and oxygen atoms in total. The van der Waals surface area contributed by atoms with E-state index >= 15 is 0 Å². The molecule has 0 saturated heterocycles. The van der Waals surface area contributed by atoms with E-state index in [1.807, 2.05) is 18.2 Å². The third-order valence-electron chi connectivity index (χ3n) is 2.76. The molecular weight excluding hydrogens is 221 g/mol. The molecule has 1 unspecified atom stereocenters. The molecule has 0 saturated carbocycles. The molecule has 0 fully saturated rings. The molecular formula is C13H18FNO2. The Bertz CT molecular complexity index is 394. The molecule has 1 aromatic carbocycles. The maximum atomic E-state index is 14.0. The molecule has 94 valence electrons. The van der Waals surface area contributed by atoms with E-state index < -0.39 is 11.3 Å². The predicted octanol–water partition coefficient (Wildman–Crippen LogP) is 2.27. The van der Waals surface area contributed by atoms with E-state index in [0.717, 1.165) is 11.8 Å². The first-order chi connectivity index (χ1) is 7.72. The summed E-state index contributed by atoms with van der Waals surface area (Å²) in [5.41, 5.74) is -2.86. The van der Waals surface area contributed by atoms with Crippen LogP contribution in [0.2, 0.25) is 0 Å². The minimum atomic E-state index is -2.07. The van der Waals surface area contributed by atoms with Crippen molar-refractivity contribution in [1.82, 2.24) is 0 Å². The van der Waals surface area contributed by atoms with E-state index in [4.69, 9.17) is 0 Å². The molecule has 4 heteroatoms. The van der Waals surface area contributed by atoms with E-state index in [-0.39, 0.29) is 6.54 Å². The molecule has 0 amide bonds. The third kappa shape index (κ3) is 3.82. The molecule has 0 aliphatic heterocycles. The molecule has 0 bridgehead atoms. The van der Waals surface area contributed by atoms with Gasteiger partial charge in [0.1, 0.15) is 5.60 Å². The number of alkyl halides is 1. The largest absolute Gasteiger partial charge is 0.624 e. The summed E-state index contributed by atoms with van der Waals surface area (Å²) < 4.78 is 14.5. The molecule has 1 atom stereocenters. The lowest BCUT2D eigenvalue weighted by atomic mass is 9.91. The Morgan fingerprint density at radius 3 is 2.29 bits per heavy atom. The Hall–Kier alpha value is -1.42. The zero-order chi connectivity index (χ0) is 13.1. The first kappa shape index (κ1) is 13.6. The minimum Gasteiger partial charge on any atom is -0.624 e. The van der Waals surface area contributed by atoms with Crippen molar-refractivity contribution in [2.24, 2.45) is 0 Å². The first-order valence-corrected chi connectivity index (χ1v) is 5.47. The number of hydrogen-bond acceptors (Lipinski definition) is 2. The zero-order valence-corrected chi connectivity index (χ0v) is 10.4. The van der Waals surface area contributed by atoms with E-state index in [9.17, 15) is 14.7 Å². The maximum Gasteiger partial charge on any atom is 0.212 e. The quantitative estimate of drug-likeness (QED) is 0.379. The number of hydroxylamine groups is 1. The maximum absolute atomic E-state index is 14.0. The van der Waals surface area contributed by atoms with Gasteiger partial charge in [0.2, 0.25) is 5.67 Å². The van der Waals surface area contributed by atoms with Crippen LogP contribution in [0.15, 0.2) is 30.3 Å². The van der Waals surface area contributed by atoms with Crippen LogP contribution in [0, 0.1) is 5.21 Å². The van der Waals surface area contributed by atoms with Crippen molar-refractivity contribution in [3.63, 3.8) is 0 Å². The lowest BCUT2D eigenvalue weighted by molar-refractivity contribution is -0.474. The summed E-state index contributed by atoms with van der Waals surface area (Å²) in [4.78, 5) is 0. The highest BCUT2D eigenvalue weighted by atomic mass is 19.1. The fourth-order valence-corrected chi connectivity index (χ4v) is 1.24. The van der Waals surface area contributed by atoms with E-state index in [1.165, 1.54) is 20.8 Å². The van der Waals surface area contributed by atoms with Crippen LogP contribution < -0.4 is 0 Å². The van der Waals surface area contributed by atoms with E-state index in [0.29, 0.717) is 4.74 Å². The van der Waals surface area contributed by atoms with Crippen LogP contribution in [0.1, 0.15) is 26.3 Å². The van der Waals surface area contributed by atoms with Crippen molar-refractivity contribution in [1.29, 1.82) is 0 Å². The molecule has 1 aromatic rings. The SMILES string of the molecule is CC(C)(O)C(C)(F)/C=[N+](\[O-])Cc1ccccc1. The molecule has 0 spiro atoms. The van der Waals surface area contributed by atoms with Gasteiger partial charge in [-0.3, -0.25) is 0 Å². The highest BCUT2D eigenvalue weighted by Crippen LogP contribution is 2.23. The van der Waals surface area contributed by atoms with Gasteiger partial charge in [-0.25, -0.2) is 9.13 Å². The van der Waals surface area contributed by atoms with Crippen LogP contribution in [0.5, 0.6) is 0 Å². The summed E-state index contributed by atoms with van der Waals surface area (Å²) in [5, 5.41) is 21.2.